The Morgan fingerprint density at radius 2 is 2.00 bits per heavy atom. The molecule has 2 aromatic rings. The predicted octanol–water partition coefficient (Wildman–Crippen LogP) is 4.14. The maximum atomic E-state index is 12.5. The molecule has 1 unspecified atom stereocenters. The number of hydrogen-bond acceptors (Lipinski definition) is 5. The summed E-state index contributed by atoms with van der Waals surface area (Å²) in [5, 5.41) is 10.1. The summed E-state index contributed by atoms with van der Waals surface area (Å²) in [5.41, 5.74) is 2.73. The highest BCUT2D eigenvalue weighted by Crippen LogP contribution is 2.39. The van der Waals surface area contributed by atoms with Gasteiger partial charge in [0.25, 0.3) is 0 Å². The first-order valence-corrected chi connectivity index (χ1v) is 8.74. The van der Waals surface area contributed by atoms with Crippen molar-refractivity contribution in [2.24, 2.45) is 0 Å². The fourth-order valence-electron chi connectivity index (χ4n) is 3.23. The molecule has 1 aliphatic rings. The number of nitrogens with zero attached hydrogens (tertiary/aromatic N) is 1. The molecule has 1 N–H and O–H groups in total. The molecule has 1 amide bonds. The first-order chi connectivity index (χ1) is 13.1. The maximum absolute atomic E-state index is 12.5. The average molecular weight is 369 g/mol. The molecule has 1 aliphatic heterocycles. The van der Waals surface area contributed by atoms with Gasteiger partial charge in [0.1, 0.15) is 5.75 Å². The number of aromatic hydroxyl groups is 1. The van der Waals surface area contributed by atoms with Gasteiger partial charge in [-0.05, 0) is 60.4 Å². The van der Waals surface area contributed by atoms with Crippen LogP contribution in [0.1, 0.15) is 29.7 Å². The van der Waals surface area contributed by atoms with Gasteiger partial charge in [0.2, 0.25) is 0 Å². The van der Waals surface area contributed by atoms with Crippen LogP contribution in [0.15, 0.2) is 42.6 Å². The highest BCUT2D eigenvalue weighted by Gasteiger charge is 2.30. The fourth-order valence-corrected chi connectivity index (χ4v) is 3.23. The largest absolute Gasteiger partial charge is 0.504 e. The monoisotopic (exact) mass is 369 g/mol. The third kappa shape index (κ3) is 3.84. The number of ether oxygens (including phenoxy) is 3. The van der Waals surface area contributed by atoms with E-state index in [0.717, 1.165) is 22.4 Å². The number of phenolic OH excluding ortho intramolecular Hbond substituents is 1. The van der Waals surface area contributed by atoms with E-state index in [9.17, 15) is 9.90 Å². The second-order valence-corrected chi connectivity index (χ2v) is 6.15. The van der Waals surface area contributed by atoms with Crippen LogP contribution < -0.4 is 9.47 Å². The summed E-state index contributed by atoms with van der Waals surface area (Å²) < 4.78 is 15.8. The van der Waals surface area contributed by atoms with Gasteiger partial charge in [-0.1, -0.05) is 12.1 Å². The topological polar surface area (TPSA) is 68.2 Å². The molecule has 0 radical (unpaired) electrons. The van der Waals surface area contributed by atoms with Crippen molar-refractivity contribution >= 4 is 12.2 Å². The molecule has 142 valence electrons. The minimum absolute atomic E-state index is 0.0608. The van der Waals surface area contributed by atoms with Crippen LogP contribution in [-0.2, 0) is 11.2 Å². The van der Waals surface area contributed by atoms with E-state index in [2.05, 4.69) is 0 Å². The predicted molar refractivity (Wildman–Crippen MR) is 102 cm³/mol. The molecule has 6 nitrogen and oxygen atoms in total. The Balaban J connectivity index is 2.03. The van der Waals surface area contributed by atoms with Gasteiger partial charge >= 0.3 is 6.09 Å². The van der Waals surface area contributed by atoms with Crippen LogP contribution in [0.3, 0.4) is 0 Å². The van der Waals surface area contributed by atoms with E-state index >= 15 is 0 Å². The first-order valence-electron chi connectivity index (χ1n) is 8.74. The smallest absolute Gasteiger partial charge is 0.414 e. The lowest BCUT2D eigenvalue weighted by molar-refractivity contribution is 0.109. The Bertz CT molecular complexity index is 862. The van der Waals surface area contributed by atoms with Crippen molar-refractivity contribution in [1.29, 1.82) is 0 Å². The number of amides is 1. The van der Waals surface area contributed by atoms with Crippen LogP contribution >= 0.6 is 0 Å². The molecule has 0 spiro atoms. The lowest BCUT2D eigenvalue weighted by Gasteiger charge is -2.33. The molecular formula is C21H23NO5. The van der Waals surface area contributed by atoms with E-state index in [4.69, 9.17) is 14.2 Å². The summed E-state index contributed by atoms with van der Waals surface area (Å²) in [4.78, 5) is 14.1. The zero-order valence-corrected chi connectivity index (χ0v) is 15.6. The molecule has 2 aromatic carbocycles. The van der Waals surface area contributed by atoms with Crippen molar-refractivity contribution in [3.05, 3.63) is 59.3 Å². The van der Waals surface area contributed by atoms with Crippen molar-refractivity contribution in [2.45, 2.75) is 19.4 Å². The molecule has 27 heavy (non-hydrogen) atoms. The summed E-state index contributed by atoms with van der Waals surface area (Å²) >= 11 is 0. The van der Waals surface area contributed by atoms with Gasteiger partial charge in [-0.3, -0.25) is 4.90 Å². The fraction of sp³-hybridized carbons (Fsp3) is 0.286. The van der Waals surface area contributed by atoms with E-state index in [1.54, 1.807) is 43.3 Å². The van der Waals surface area contributed by atoms with E-state index < -0.39 is 6.09 Å². The Hall–Kier alpha value is -3.15. The van der Waals surface area contributed by atoms with Crippen molar-refractivity contribution in [3.63, 3.8) is 0 Å². The molecule has 0 aromatic heterocycles. The second-order valence-electron chi connectivity index (χ2n) is 6.15. The van der Waals surface area contributed by atoms with Crippen molar-refractivity contribution in [1.82, 2.24) is 4.90 Å². The molecule has 1 heterocycles. The summed E-state index contributed by atoms with van der Waals surface area (Å²) in [6.45, 7) is 2.07. The highest BCUT2D eigenvalue weighted by molar-refractivity contribution is 5.74. The Kier molecular flexibility index (Phi) is 5.54. The lowest BCUT2D eigenvalue weighted by Crippen LogP contribution is -2.34. The minimum Gasteiger partial charge on any atom is -0.504 e. The molecule has 0 aliphatic carbocycles. The Morgan fingerprint density at radius 3 is 2.70 bits per heavy atom. The number of phenols is 1. The SMILES string of the molecule is CCOC(=O)N1C=Cc2cc(O)c(OC)cc2C1Cc1cccc(OC)c1. The summed E-state index contributed by atoms with van der Waals surface area (Å²) in [5.74, 6) is 1.18. The molecule has 0 bridgehead atoms. The molecule has 0 fully saturated rings. The normalized spacial score (nSPS) is 15.2. The van der Waals surface area contributed by atoms with Gasteiger partial charge in [-0.25, -0.2) is 4.79 Å². The number of carbonyl (C=O) groups excluding carboxylic acids is 1. The standard InChI is InChI=1S/C21H23NO5/c1-4-27-21(24)22-9-8-15-12-19(23)20(26-3)13-17(15)18(22)11-14-6-5-7-16(10-14)25-2/h5-10,12-13,18,23H,4,11H2,1-3H3. The van der Waals surface area contributed by atoms with E-state index in [-0.39, 0.29) is 11.8 Å². The van der Waals surface area contributed by atoms with Gasteiger partial charge in [-0.2, -0.15) is 0 Å². The summed E-state index contributed by atoms with van der Waals surface area (Å²) in [6, 6.07) is 10.8. The molecule has 3 rings (SSSR count). The number of hydrogen-bond donors (Lipinski definition) is 1. The van der Waals surface area contributed by atoms with Crippen LogP contribution in [0, 0.1) is 0 Å². The van der Waals surface area contributed by atoms with Crippen LogP contribution in [0.4, 0.5) is 4.79 Å². The number of benzene rings is 2. The van der Waals surface area contributed by atoms with E-state index in [1.807, 2.05) is 24.3 Å². The number of carbonyl (C=O) groups is 1. The van der Waals surface area contributed by atoms with Gasteiger partial charge in [-0.15, -0.1) is 0 Å². The molecule has 0 saturated heterocycles. The zero-order chi connectivity index (χ0) is 19.4. The van der Waals surface area contributed by atoms with Crippen LogP contribution in [0.5, 0.6) is 17.2 Å². The lowest BCUT2D eigenvalue weighted by atomic mass is 9.91. The minimum atomic E-state index is -0.417. The second kappa shape index (κ2) is 8.03. The molecular weight excluding hydrogens is 346 g/mol. The first kappa shape index (κ1) is 18.6. The maximum Gasteiger partial charge on any atom is 0.414 e. The van der Waals surface area contributed by atoms with Crippen molar-refractivity contribution in [3.8, 4) is 17.2 Å². The van der Waals surface area contributed by atoms with Gasteiger partial charge in [0, 0.05) is 6.20 Å². The third-order valence-corrected chi connectivity index (χ3v) is 4.54. The number of fused-ring (bicyclic) bond motifs is 1. The number of rotatable bonds is 5. The Morgan fingerprint density at radius 1 is 1.19 bits per heavy atom. The quantitative estimate of drug-likeness (QED) is 0.858. The molecule has 1 atom stereocenters. The zero-order valence-electron chi connectivity index (χ0n) is 15.6. The van der Waals surface area contributed by atoms with Gasteiger partial charge < -0.3 is 19.3 Å². The van der Waals surface area contributed by atoms with Crippen LogP contribution in [0.2, 0.25) is 0 Å². The van der Waals surface area contributed by atoms with Crippen LogP contribution in [-0.4, -0.2) is 36.9 Å². The van der Waals surface area contributed by atoms with E-state index in [1.165, 1.54) is 7.11 Å². The summed E-state index contributed by atoms with van der Waals surface area (Å²) in [6.07, 6.45) is 3.62. The van der Waals surface area contributed by atoms with Crippen molar-refractivity contribution in [2.75, 3.05) is 20.8 Å². The van der Waals surface area contributed by atoms with Crippen LogP contribution in [0.25, 0.3) is 6.08 Å². The third-order valence-electron chi connectivity index (χ3n) is 4.54. The number of methoxy groups -OCH3 is 2. The molecule has 6 heteroatoms. The van der Waals surface area contributed by atoms with E-state index in [0.29, 0.717) is 18.8 Å². The Labute approximate surface area is 158 Å². The summed E-state index contributed by atoms with van der Waals surface area (Å²) in [7, 11) is 3.12. The highest BCUT2D eigenvalue weighted by atomic mass is 16.6. The average Bonchev–Trinajstić information content (AvgIpc) is 2.68. The molecule has 0 saturated carbocycles. The van der Waals surface area contributed by atoms with Gasteiger partial charge in [0.05, 0.1) is 26.9 Å². The van der Waals surface area contributed by atoms with Gasteiger partial charge in [0.15, 0.2) is 11.5 Å². The van der Waals surface area contributed by atoms with Crippen molar-refractivity contribution < 1.29 is 24.1 Å².